The van der Waals surface area contributed by atoms with Crippen molar-refractivity contribution in [3.05, 3.63) is 0 Å². The number of aliphatic hydroxyl groups is 1. The minimum atomic E-state index is -5.70. The predicted octanol–water partition coefficient (Wildman–Crippen LogP) is 9.37. The molecule has 9 heteroatoms. The summed E-state index contributed by atoms with van der Waals surface area (Å²) in [7, 11) is 0. The lowest BCUT2D eigenvalue weighted by Gasteiger charge is -2.40. The zero-order valence-corrected chi connectivity index (χ0v) is 25.9. The number of alkyl halides is 6. The first kappa shape index (κ1) is 34.5. The fraction of sp³-hybridized carbons (Fsp3) is 0.969. The van der Waals surface area contributed by atoms with Crippen LogP contribution in [0.2, 0.25) is 0 Å². The average Bonchev–Trinajstić information content (AvgIpc) is 3.55. The highest BCUT2D eigenvalue weighted by Crippen LogP contribution is 2.67. The Morgan fingerprint density at radius 2 is 1.34 bits per heavy atom. The van der Waals surface area contributed by atoms with Gasteiger partial charge in [0.2, 0.25) is 0 Å². The molecule has 0 amide bonds. The van der Waals surface area contributed by atoms with E-state index in [9.17, 15) is 36.2 Å². The first-order valence-electron chi connectivity index (χ1n) is 15.8. The van der Waals surface area contributed by atoms with E-state index in [1.165, 1.54) is 6.42 Å². The van der Waals surface area contributed by atoms with Crippen molar-refractivity contribution in [3.63, 3.8) is 0 Å². The standard InChI is InChI=1S/C18H26F6O.C14H26O2/c1-3-4-10-5-9(2)14-11-6-12(13(7-11)15(10)14)8-16(25,17(19,20)21)18(22,23)24;1-6-7-11-8-10(2)9-12(11)13(15)16-14(3,4)5/h9-15,25H,3-8H2,1-2H3;10-12H,6-9H2,1-5H3. The molecule has 3 nitrogen and oxygen atoms in total. The van der Waals surface area contributed by atoms with Crippen molar-refractivity contribution in [1.29, 1.82) is 0 Å². The number of esters is 1. The lowest BCUT2D eigenvalue weighted by Crippen LogP contribution is -2.58. The zero-order chi connectivity index (χ0) is 31.1. The van der Waals surface area contributed by atoms with Crippen molar-refractivity contribution >= 4 is 5.97 Å². The molecule has 4 aliphatic rings. The van der Waals surface area contributed by atoms with Gasteiger partial charge in [-0.25, -0.2) is 0 Å². The van der Waals surface area contributed by atoms with E-state index in [0.29, 0.717) is 36.0 Å². The van der Waals surface area contributed by atoms with E-state index < -0.39 is 30.3 Å². The van der Waals surface area contributed by atoms with Gasteiger partial charge in [0.05, 0.1) is 5.92 Å². The summed E-state index contributed by atoms with van der Waals surface area (Å²) in [6.07, 6.45) is -3.97. The van der Waals surface area contributed by atoms with Crippen molar-refractivity contribution in [1.82, 2.24) is 0 Å². The second-order valence-corrected chi connectivity index (χ2v) is 14.9. The van der Waals surface area contributed by atoms with E-state index in [1.807, 2.05) is 20.8 Å². The molecule has 0 spiro atoms. The summed E-state index contributed by atoms with van der Waals surface area (Å²) >= 11 is 0. The first-order valence-corrected chi connectivity index (χ1v) is 15.8. The maximum atomic E-state index is 13.1. The van der Waals surface area contributed by atoms with E-state index in [-0.39, 0.29) is 35.2 Å². The molecule has 4 rings (SSSR count). The third-order valence-corrected chi connectivity index (χ3v) is 10.6. The largest absolute Gasteiger partial charge is 0.460 e. The van der Waals surface area contributed by atoms with Crippen LogP contribution < -0.4 is 0 Å². The molecule has 0 radical (unpaired) electrons. The lowest BCUT2D eigenvalue weighted by molar-refractivity contribution is -0.373. The summed E-state index contributed by atoms with van der Waals surface area (Å²) in [5.41, 5.74) is -4.94. The smallest absolute Gasteiger partial charge is 0.426 e. The third kappa shape index (κ3) is 7.39. The van der Waals surface area contributed by atoms with Gasteiger partial charge in [0, 0.05) is 0 Å². The molecule has 0 aliphatic heterocycles. The second-order valence-electron chi connectivity index (χ2n) is 14.9. The van der Waals surface area contributed by atoms with E-state index in [1.54, 1.807) is 0 Å². The van der Waals surface area contributed by atoms with Crippen LogP contribution in [0.4, 0.5) is 26.3 Å². The van der Waals surface area contributed by atoms with Gasteiger partial charge in [-0.15, -0.1) is 0 Å². The normalized spacial score (nSPS) is 37.1. The van der Waals surface area contributed by atoms with Gasteiger partial charge in [-0.05, 0) is 119 Å². The van der Waals surface area contributed by atoms with E-state index in [0.717, 1.165) is 44.9 Å². The van der Waals surface area contributed by atoms with Crippen LogP contribution in [0.5, 0.6) is 0 Å². The molecule has 4 saturated carbocycles. The van der Waals surface area contributed by atoms with Crippen molar-refractivity contribution < 1.29 is 41.0 Å². The average molecular weight is 599 g/mol. The summed E-state index contributed by atoms with van der Waals surface area (Å²) in [4.78, 5) is 12.1. The fourth-order valence-electron chi connectivity index (χ4n) is 9.33. The molecule has 0 aromatic rings. The Morgan fingerprint density at radius 3 is 1.85 bits per heavy atom. The molecule has 4 aliphatic carbocycles. The Labute approximate surface area is 242 Å². The molecule has 4 fully saturated rings. The van der Waals surface area contributed by atoms with Gasteiger partial charge in [-0.2, -0.15) is 26.3 Å². The molecular formula is C32H52F6O3. The SMILES string of the molecule is CCCC1CC(C)C2C3CC(CC(O)(C(F)(F)F)C(F)(F)F)C(C3)C12.CCCC1CC(C)CC1C(=O)OC(C)(C)C. The summed E-state index contributed by atoms with van der Waals surface area (Å²) in [6, 6.07) is 0. The highest BCUT2D eigenvalue weighted by molar-refractivity contribution is 5.73. The van der Waals surface area contributed by atoms with Crippen LogP contribution in [0.15, 0.2) is 0 Å². The van der Waals surface area contributed by atoms with Crippen LogP contribution in [0, 0.1) is 59.2 Å². The van der Waals surface area contributed by atoms with Crippen molar-refractivity contribution in [2.75, 3.05) is 0 Å². The quantitative estimate of drug-likeness (QED) is 0.235. The third-order valence-electron chi connectivity index (χ3n) is 10.6. The molecule has 1 N–H and O–H groups in total. The number of ether oxygens (including phenoxy) is 1. The van der Waals surface area contributed by atoms with Gasteiger partial charge in [-0.3, -0.25) is 4.79 Å². The summed E-state index contributed by atoms with van der Waals surface area (Å²) in [6.45, 7) is 14.5. The Hall–Kier alpha value is -0.990. The molecule has 41 heavy (non-hydrogen) atoms. The first-order chi connectivity index (χ1) is 18.7. The van der Waals surface area contributed by atoms with Crippen molar-refractivity contribution in [2.45, 2.75) is 136 Å². The summed E-state index contributed by atoms with van der Waals surface area (Å²) < 4.78 is 83.8. The van der Waals surface area contributed by atoms with Crippen LogP contribution in [0.1, 0.15) is 113 Å². The highest BCUT2D eigenvalue weighted by Gasteiger charge is 2.72. The van der Waals surface area contributed by atoms with Gasteiger partial charge in [-0.1, -0.05) is 47.0 Å². The van der Waals surface area contributed by atoms with E-state index in [2.05, 4.69) is 27.7 Å². The molecule has 0 saturated heterocycles. The minimum Gasteiger partial charge on any atom is -0.460 e. The van der Waals surface area contributed by atoms with Gasteiger partial charge in [0.25, 0.3) is 5.60 Å². The summed E-state index contributed by atoms with van der Waals surface area (Å²) in [5, 5.41) is 9.58. The van der Waals surface area contributed by atoms with Crippen LogP contribution in [-0.2, 0) is 9.53 Å². The number of halogens is 6. The maximum absolute atomic E-state index is 13.1. The molecule has 10 atom stereocenters. The Balaban J connectivity index is 0.000000250. The zero-order valence-electron chi connectivity index (χ0n) is 25.9. The number of carbonyl (C=O) groups is 1. The monoisotopic (exact) mass is 598 g/mol. The Bertz CT molecular complexity index is 864. The molecule has 0 aromatic carbocycles. The predicted molar refractivity (Wildman–Crippen MR) is 147 cm³/mol. The van der Waals surface area contributed by atoms with Crippen molar-refractivity contribution in [3.8, 4) is 0 Å². The number of hydrogen-bond donors (Lipinski definition) is 1. The summed E-state index contributed by atoms with van der Waals surface area (Å²) in [5.74, 6) is 2.43. The Kier molecular flexibility index (Phi) is 10.6. The molecule has 0 heterocycles. The van der Waals surface area contributed by atoms with Crippen LogP contribution >= 0.6 is 0 Å². The molecule has 240 valence electrons. The van der Waals surface area contributed by atoms with E-state index in [4.69, 9.17) is 4.74 Å². The fourth-order valence-corrected chi connectivity index (χ4v) is 9.33. The highest BCUT2D eigenvalue weighted by atomic mass is 19.4. The number of hydrogen-bond acceptors (Lipinski definition) is 3. The Morgan fingerprint density at radius 1 is 0.780 bits per heavy atom. The maximum Gasteiger partial charge on any atom is 0.426 e. The minimum absolute atomic E-state index is 0.0234. The molecule has 10 unspecified atom stereocenters. The number of fused-ring (bicyclic) bond motifs is 5. The number of carbonyl (C=O) groups excluding carboxylic acids is 1. The number of rotatable bonds is 7. The molecule has 0 aromatic heterocycles. The molecule has 2 bridgehead atoms. The van der Waals surface area contributed by atoms with Crippen LogP contribution in [-0.4, -0.2) is 34.6 Å². The van der Waals surface area contributed by atoms with Gasteiger partial charge >= 0.3 is 18.3 Å². The van der Waals surface area contributed by atoms with Crippen LogP contribution in [0.3, 0.4) is 0 Å². The van der Waals surface area contributed by atoms with Crippen LogP contribution in [0.25, 0.3) is 0 Å². The molecular weight excluding hydrogens is 546 g/mol. The van der Waals surface area contributed by atoms with Gasteiger partial charge in [0.1, 0.15) is 5.60 Å². The van der Waals surface area contributed by atoms with Crippen molar-refractivity contribution in [2.24, 2.45) is 59.2 Å². The lowest BCUT2D eigenvalue weighted by atomic mass is 9.68. The van der Waals surface area contributed by atoms with E-state index >= 15 is 0 Å². The topological polar surface area (TPSA) is 46.5 Å². The van der Waals surface area contributed by atoms with Gasteiger partial charge in [0.15, 0.2) is 0 Å². The van der Waals surface area contributed by atoms with Gasteiger partial charge < -0.3 is 9.84 Å². The second kappa shape index (κ2) is 12.6.